The van der Waals surface area contributed by atoms with Crippen LogP contribution in [-0.4, -0.2) is 61.4 Å². The number of nitrogens with one attached hydrogen (secondary N) is 1. The number of rotatable bonds is 5. The second kappa shape index (κ2) is 10.5. The molecule has 1 saturated carbocycles. The van der Waals surface area contributed by atoms with Crippen molar-refractivity contribution in [1.82, 2.24) is 15.1 Å². The van der Waals surface area contributed by atoms with E-state index in [9.17, 15) is 9.59 Å². The normalized spacial score (nSPS) is 27.3. The molecule has 2 saturated heterocycles. The Morgan fingerprint density at radius 1 is 0.808 bits per heavy atom. The molecule has 2 amide bonds. The van der Waals surface area contributed by atoms with Crippen LogP contribution in [0.1, 0.15) is 57.8 Å². The summed E-state index contributed by atoms with van der Waals surface area (Å²) in [6.45, 7) is 4.62. The van der Waals surface area contributed by atoms with Gasteiger partial charge in [-0.1, -0.05) is 12.8 Å². The molecule has 0 bridgehead atoms. The van der Waals surface area contributed by atoms with E-state index in [1.54, 1.807) is 0 Å². The minimum Gasteiger partial charge on any atom is -0.342 e. The number of nitrogens with zero attached hydrogens (tertiary/aromatic N) is 2. The average molecular weight is 386 g/mol. The highest BCUT2D eigenvalue weighted by Gasteiger charge is 2.40. The molecule has 0 aromatic rings. The van der Waals surface area contributed by atoms with Gasteiger partial charge in [-0.05, 0) is 64.5 Å². The zero-order valence-electron chi connectivity index (χ0n) is 16.3. The molecule has 3 rings (SSSR count). The third kappa shape index (κ3) is 5.13. The summed E-state index contributed by atoms with van der Waals surface area (Å²) in [5, 5.41) is 3.22. The number of hydrogen-bond donors (Lipinski definition) is 1. The fourth-order valence-electron chi connectivity index (χ4n) is 4.92. The third-order valence-electron chi connectivity index (χ3n) is 6.55. The Morgan fingerprint density at radius 3 is 1.81 bits per heavy atom. The van der Waals surface area contributed by atoms with Crippen LogP contribution in [0.4, 0.5) is 0 Å². The SMILES string of the molecule is CNCCC1CCN(C(=O)C2CCCCC2C(=O)N2CCCC2)CC1.Cl. The summed E-state index contributed by atoms with van der Waals surface area (Å²) >= 11 is 0. The van der Waals surface area contributed by atoms with E-state index in [0.717, 1.165) is 90.0 Å². The lowest BCUT2D eigenvalue weighted by atomic mass is 9.77. The van der Waals surface area contributed by atoms with E-state index in [1.807, 2.05) is 11.9 Å². The van der Waals surface area contributed by atoms with Crippen molar-refractivity contribution in [3.05, 3.63) is 0 Å². The van der Waals surface area contributed by atoms with Gasteiger partial charge in [-0.15, -0.1) is 12.4 Å². The van der Waals surface area contributed by atoms with Crippen molar-refractivity contribution in [2.24, 2.45) is 17.8 Å². The van der Waals surface area contributed by atoms with E-state index < -0.39 is 0 Å². The molecular weight excluding hydrogens is 350 g/mol. The first kappa shape index (κ1) is 21.5. The Morgan fingerprint density at radius 2 is 1.31 bits per heavy atom. The summed E-state index contributed by atoms with van der Waals surface area (Å²) in [5.41, 5.74) is 0. The molecule has 2 aliphatic heterocycles. The molecule has 5 nitrogen and oxygen atoms in total. The summed E-state index contributed by atoms with van der Waals surface area (Å²) in [5.74, 6) is 1.16. The predicted octanol–water partition coefficient (Wildman–Crippen LogP) is 2.69. The Hall–Kier alpha value is -0.810. The molecule has 1 aliphatic carbocycles. The van der Waals surface area contributed by atoms with Gasteiger partial charge in [0.05, 0.1) is 0 Å². The highest BCUT2D eigenvalue weighted by atomic mass is 35.5. The first-order valence-electron chi connectivity index (χ1n) is 10.4. The van der Waals surface area contributed by atoms with E-state index >= 15 is 0 Å². The van der Waals surface area contributed by atoms with Gasteiger partial charge in [-0.25, -0.2) is 0 Å². The van der Waals surface area contributed by atoms with Gasteiger partial charge in [0.1, 0.15) is 0 Å². The fourth-order valence-corrected chi connectivity index (χ4v) is 4.92. The maximum absolute atomic E-state index is 13.1. The maximum atomic E-state index is 13.1. The number of carbonyl (C=O) groups is 2. The number of halogens is 1. The van der Waals surface area contributed by atoms with E-state index in [4.69, 9.17) is 0 Å². The van der Waals surface area contributed by atoms with Crippen LogP contribution in [0.3, 0.4) is 0 Å². The second-order valence-electron chi connectivity index (χ2n) is 8.19. The largest absolute Gasteiger partial charge is 0.342 e. The van der Waals surface area contributed by atoms with Crippen LogP contribution < -0.4 is 5.32 Å². The molecule has 0 aromatic carbocycles. The molecule has 2 unspecified atom stereocenters. The molecule has 0 spiro atoms. The molecule has 3 aliphatic rings. The number of likely N-dealkylation sites (tertiary alicyclic amines) is 2. The van der Waals surface area contributed by atoms with Crippen molar-refractivity contribution in [3.8, 4) is 0 Å². The number of hydrogen-bond acceptors (Lipinski definition) is 3. The van der Waals surface area contributed by atoms with Gasteiger partial charge < -0.3 is 15.1 Å². The lowest BCUT2D eigenvalue weighted by Gasteiger charge is -2.38. The zero-order chi connectivity index (χ0) is 17.6. The van der Waals surface area contributed by atoms with E-state index in [-0.39, 0.29) is 36.1 Å². The fraction of sp³-hybridized carbons (Fsp3) is 0.900. The Labute approximate surface area is 164 Å². The Balaban J connectivity index is 0.00000243. The molecule has 2 heterocycles. The third-order valence-corrected chi connectivity index (χ3v) is 6.55. The average Bonchev–Trinajstić information content (AvgIpc) is 3.20. The summed E-state index contributed by atoms with van der Waals surface area (Å²) in [6, 6.07) is 0. The van der Waals surface area contributed by atoms with E-state index in [1.165, 1.54) is 6.42 Å². The molecule has 2 atom stereocenters. The molecule has 6 heteroatoms. The van der Waals surface area contributed by atoms with Crippen LogP contribution in [-0.2, 0) is 9.59 Å². The van der Waals surface area contributed by atoms with Crippen LogP contribution in [0.5, 0.6) is 0 Å². The molecule has 26 heavy (non-hydrogen) atoms. The minimum absolute atomic E-state index is 0. The lowest BCUT2D eigenvalue weighted by molar-refractivity contribution is -0.148. The monoisotopic (exact) mass is 385 g/mol. The van der Waals surface area contributed by atoms with Gasteiger partial charge in [0.25, 0.3) is 0 Å². The molecule has 0 radical (unpaired) electrons. The molecule has 150 valence electrons. The van der Waals surface area contributed by atoms with Gasteiger partial charge >= 0.3 is 0 Å². The highest BCUT2D eigenvalue weighted by Crippen LogP contribution is 2.34. The number of amides is 2. The molecule has 0 aromatic heterocycles. The minimum atomic E-state index is -0.0595. The maximum Gasteiger partial charge on any atom is 0.226 e. The van der Waals surface area contributed by atoms with Crippen LogP contribution in [0.15, 0.2) is 0 Å². The first-order chi connectivity index (χ1) is 12.2. The Bertz CT molecular complexity index is 460. The van der Waals surface area contributed by atoms with Gasteiger partial charge in [0.15, 0.2) is 0 Å². The van der Waals surface area contributed by atoms with E-state index in [2.05, 4.69) is 10.2 Å². The van der Waals surface area contributed by atoms with Gasteiger partial charge in [0.2, 0.25) is 11.8 Å². The van der Waals surface area contributed by atoms with Crippen molar-refractivity contribution in [1.29, 1.82) is 0 Å². The summed E-state index contributed by atoms with van der Waals surface area (Å²) in [7, 11) is 2.00. The van der Waals surface area contributed by atoms with Gasteiger partial charge in [-0.2, -0.15) is 0 Å². The second-order valence-corrected chi connectivity index (χ2v) is 8.19. The quantitative estimate of drug-likeness (QED) is 0.791. The van der Waals surface area contributed by atoms with Crippen molar-refractivity contribution >= 4 is 24.2 Å². The molecular formula is C20H36ClN3O2. The van der Waals surface area contributed by atoms with Crippen LogP contribution in [0, 0.1) is 17.8 Å². The van der Waals surface area contributed by atoms with Gasteiger partial charge in [0, 0.05) is 38.0 Å². The van der Waals surface area contributed by atoms with Crippen LogP contribution in [0.2, 0.25) is 0 Å². The molecule has 3 fully saturated rings. The van der Waals surface area contributed by atoms with Crippen LogP contribution in [0.25, 0.3) is 0 Å². The van der Waals surface area contributed by atoms with Crippen molar-refractivity contribution in [2.75, 3.05) is 39.8 Å². The smallest absolute Gasteiger partial charge is 0.226 e. The molecule has 1 N–H and O–H groups in total. The predicted molar refractivity (Wildman–Crippen MR) is 106 cm³/mol. The Kier molecular flexibility index (Phi) is 8.68. The zero-order valence-corrected chi connectivity index (χ0v) is 17.1. The van der Waals surface area contributed by atoms with Gasteiger partial charge in [-0.3, -0.25) is 9.59 Å². The van der Waals surface area contributed by atoms with Crippen molar-refractivity contribution < 1.29 is 9.59 Å². The summed E-state index contributed by atoms with van der Waals surface area (Å²) in [4.78, 5) is 30.1. The number of piperidine rings is 1. The number of carbonyl (C=O) groups excluding carboxylic acids is 2. The summed E-state index contributed by atoms with van der Waals surface area (Å²) < 4.78 is 0. The topological polar surface area (TPSA) is 52.7 Å². The van der Waals surface area contributed by atoms with Crippen molar-refractivity contribution in [3.63, 3.8) is 0 Å². The highest BCUT2D eigenvalue weighted by molar-refractivity contribution is 5.88. The van der Waals surface area contributed by atoms with Crippen LogP contribution >= 0.6 is 12.4 Å². The first-order valence-corrected chi connectivity index (χ1v) is 10.4. The van der Waals surface area contributed by atoms with Crippen molar-refractivity contribution in [2.45, 2.75) is 57.8 Å². The standard InChI is InChI=1S/C20H35N3O2.ClH/c1-21-11-8-16-9-14-23(15-10-16)20(25)18-7-3-2-6-17(18)19(24)22-12-4-5-13-22;/h16-18,21H,2-15H2,1H3;1H. The van der Waals surface area contributed by atoms with E-state index in [0.29, 0.717) is 0 Å². The summed E-state index contributed by atoms with van der Waals surface area (Å²) in [6.07, 6.45) is 9.69. The lowest BCUT2D eigenvalue weighted by Crippen LogP contribution is -2.48.